The Bertz CT molecular complexity index is 224. The van der Waals surface area contributed by atoms with E-state index in [0.29, 0.717) is 0 Å². The summed E-state index contributed by atoms with van der Waals surface area (Å²) in [5.74, 6) is -0.0757. The largest absolute Gasteiger partial charge is 0.206 e. The summed E-state index contributed by atoms with van der Waals surface area (Å²) < 4.78 is 14.4. The van der Waals surface area contributed by atoms with Crippen LogP contribution in [0.2, 0.25) is 0 Å². The quantitative estimate of drug-likeness (QED) is 0.636. The van der Waals surface area contributed by atoms with E-state index in [0.717, 1.165) is 26.7 Å². The summed E-state index contributed by atoms with van der Waals surface area (Å²) in [5.41, 5.74) is 3.47. The minimum Gasteiger partial charge on any atom is -0.206 e. The Labute approximate surface area is 80.9 Å². The van der Waals surface area contributed by atoms with Crippen LogP contribution in [0.15, 0.2) is 4.47 Å². The minimum atomic E-state index is -0.0757. The zero-order chi connectivity index (χ0) is 9.46. The summed E-state index contributed by atoms with van der Waals surface area (Å²) in [6.45, 7) is 7.47. The number of benzene rings is 1. The zero-order valence-corrected chi connectivity index (χ0v) is 9.34. The fraction of sp³-hybridized carbons (Fsp3) is 0.400. The summed E-state index contributed by atoms with van der Waals surface area (Å²) in [7, 11) is 0. The maximum Gasteiger partial charge on any atom is 0.129 e. The lowest BCUT2D eigenvalue weighted by molar-refractivity contribution is 0.605. The highest BCUT2D eigenvalue weighted by atomic mass is 79.9. The van der Waals surface area contributed by atoms with Crippen molar-refractivity contribution in [3.8, 4) is 0 Å². The van der Waals surface area contributed by atoms with Crippen molar-refractivity contribution in [3.05, 3.63) is 32.5 Å². The Hall–Kier alpha value is -0.370. The third-order valence-corrected chi connectivity index (χ3v) is 3.63. The molecule has 66 valence electrons. The lowest BCUT2D eigenvalue weighted by atomic mass is 10.0. The van der Waals surface area contributed by atoms with Crippen molar-refractivity contribution in [2.45, 2.75) is 27.7 Å². The number of rotatable bonds is 0. The maximum absolute atomic E-state index is 13.4. The summed E-state index contributed by atoms with van der Waals surface area (Å²) in [4.78, 5) is 0. The first-order valence-corrected chi connectivity index (χ1v) is 4.67. The van der Waals surface area contributed by atoms with E-state index in [1.807, 2.05) is 27.7 Å². The van der Waals surface area contributed by atoms with Crippen molar-refractivity contribution in [1.82, 2.24) is 0 Å². The van der Waals surface area contributed by atoms with Crippen LogP contribution in [0, 0.1) is 33.5 Å². The molecule has 0 aliphatic heterocycles. The molecule has 0 N–H and O–H groups in total. The predicted octanol–water partition coefficient (Wildman–Crippen LogP) is 3.82. The van der Waals surface area contributed by atoms with E-state index in [1.165, 1.54) is 0 Å². The van der Waals surface area contributed by atoms with Crippen LogP contribution in [-0.2, 0) is 0 Å². The fourth-order valence-electron chi connectivity index (χ4n) is 1.22. The van der Waals surface area contributed by atoms with Gasteiger partial charge in [0.15, 0.2) is 0 Å². The molecule has 1 rings (SSSR count). The van der Waals surface area contributed by atoms with Crippen LogP contribution in [0.3, 0.4) is 0 Å². The molecule has 2 heteroatoms. The van der Waals surface area contributed by atoms with Crippen LogP contribution >= 0.6 is 15.9 Å². The molecule has 0 atom stereocenters. The Morgan fingerprint density at radius 1 is 0.833 bits per heavy atom. The van der Waals surface area contributed by atoms with Gasteiger partial charge < -0.3 is 0 Å². The van der Waals surface area contributed by atoms with Crippen LogP contribution < -0.4 is 0 Å². The summed E-state index contributed by atoms with van der Waals surface area (Å²) in [5, 5.41) is 0. The first-order chi connectivity index (χ1) is 5.46. The molecule has 0 amide bonds. The van der Waals surface area contributed by atoms with E-state index in [-0.39, 0.29) is 5.82 Å². The third-order valence-electron chi connectivity index (χ3n) is 2.44. The molecular formula is C10H12BrF. The van der Waals surface area contributed by atoms with Gasteiger partial charge in [-0.2, -0.15) is 0 Å². The van der Waals surface area contributed by atoms with Crippen LogP contribution in [-0.4, -0.2) is 0 Å². The Morgan fingerprint density at radius 3 is 1.50 bits per heavy atom. The molecule has 0 aromatic heterocycles. The second-order valence-electron chi connectivity index (χ2n) is 3.13. The summed E-state index contributed by atoms with van der Waals surface area (Å²) >= 11 is 3.45. The molecule has 0 radical (unpaired) electrons. The molecule has 0 spiro atoms. The number of hydrogen-bond donors (Lipinski definition) is 0. The van der Waals surface area contributed by atoms with Gasteiger partial charge >= 0.3 is 0 Å². The number of halogens is 2. The standard InChI is InChI=1S/C10H12BrF/c1-5-7(3)10(12)8(4)6(2)9(5)11/h1-4H3. The van der Waals surface area contributed by atoms with E-state index in [9.17, 15) is 4.39 Å². The summed E-state index contributed by atoms with van der Waals surface area (Å²) in [6.07, 6.45) is 0. The van der Waals surface area contributed by atoms with Gasteiger partial charge in [-0.15, -0.1) is 0 Å². The van der Waals surface area contributed by atoms with Crippen molar-refractivity contribution in [3.63, 3.8) is 0 Å². The molecule has 0 heterocycles. The lowest BCUT2D eigenvalue weighted by Crippen LogP contribution is -1.97. The molecule has 0 saturated carbocycles. The van der Waals surface area contributed by atoms with Gasteiger partial charge in [-0.05, 0) is 49.9 Å². The molecule has 0 unspecified atom stereocenters. The SMILES string of the molecule is Cc1c(C)c(Br)c(C)c(C)c1F. The number of hydrogen-bond acceptors (Lipinski definition) is 0. The van der Waals surface area contributed by atoms with Gasteiger partial charge in [-0.3, -0.25) is 0 Å². The second kappa shape index (κ2) is 3.17. The van der Waals surface area contributed by atoms with Gasteiger partial charge in [0.25, 0.3) is 0 Å². The molecule has 0 aliphatic rings. The lowest BCUT2D eigenvalue weighted by Gasteiger charge is -2.11. The summed E-state index contributed by atoms with van der Waals surface area (Å²) in [6, 6.07) is 0. The van der Waals surface area contributed by atoms with Crippen molar-refractivity contribution in [1.29, 1.82) is 0 Å². The van der Waals surface area contributed by atoms with Gasteiger partial charge in [-0.1, -0.05) is 15.9 Å². The highest BCUT2D eigenvalue weighted by Crippen LogP contribution is 2.29. The Balaban J connectivity index is 3.60. The van der Waals surface area contributed by atoms with Gasteiger partial charge in [0.05, 0.1) is 0 Å². The van der Waals surface area contributed by atoms with E-state index in [1.54, 1.807) is 0 Å². The highest BCUT2D eigenvalue weighted by Gasteiger charge is 2.11. The van der Waals surface area contributed by atoms with E-state index in [2.05, 4.69) is 15.9 Å². The monoisotopic (exact) mass is 230 g/mol. The first kappa shape index (κ1) is 9.72. The normalized spacial score (nSPS) is 10.5. The molecule has 1 aromatic carbocycles. The molecule has 0 bridgehead atoms. The Kier molecular flexibility index (Phi) is 2.57. The van der Waals surface area contributed by atoms with Crippen molar-refractivity contribution in [2.75, 3.05) is 0 Å². The maximum atomic E-state index is 13.4. The van der Waals surface area contributed by atoms with E-state index < -0.39 is 0 Å². The molecule has 0 fully saturated rings. The van der Waals surface area contributed by atoms with E-state index >= 15 is 0 Å². The smallest absolute Gasteiger partial charge is 0.129 e. The van der Waals surface area contributed by atoms with Crippen molar-refractivity contribution in [2.24, 2.45) is 0 Å². The molecule has 0 saturated heterocycles. The predicted molar refractivity (Wildman–Crippen MR) is 53.0 cm³/mol. The Morgan fingerprint density at radius 2 is 1.17 bits per heavy atom. The minimum absolute atomic E-state index is 0.0757. The molecule has 0 nitrogen and oxygen atoms in total. The van der Waals surface area contributed by atoms with Crippen molar-refractivity contribution >= 4 is 15.9 Å². The van der Waals surface area contributed by atoms with Crippen molar-refractivity contribution < 1.29 is 4.39 Å². The van der Waals surface area contributed by atoms with Gasteiger partial charge in [0.2, 0.25) is 0 Å². The topological polar surface area (TPSA) is 0 Å². The highest BCUT2D eigenvalue weighted by molar-refractivity contribution is 9.10. The molecule has 12 heavy (non-hydrogen) atoms. The average Bonchev–Trinajstić information content (AvgIpc) is 2.08. The van der Waals surface area contributed by atoms with E-state index in [4.69, 9.17) is 0 Å². The van der Waals surface area contributed by atoms with Crippen LogP contribution in [0.25, 0.3) is 0 Å². The third kappa shape index (κ3) is 1.28. The van der Waals surface area contributed by atoms with Gasteiger partial charge in [0.1, 0.15) is 5.82 Å². The van der Waals surface area contributed by atoms with Gasteiger partial charge in [0, 0.05) is 4.47 Å². The van der Waals surface area contributed by atoms with Gasteiger partial charge in [-0.25, -0.2) is 4.39 Å². The zero-order valence-electron chi connectivity index (χ0n) is 7.76. The van der Waals surface area contributed by atoms with Crippen LogP contribution in [0.5, 0.6) is 0 Å². The average molecular weight is 231 g/mol. The van der Waals surface area contributed by atoms with Crippen LogP contribution in [0.1, 0.15) is 22.3 Å². The molecule has 0 aliphatic carbocycles. The molecular weight excluding hydrogens is 219 g/mol. The first-order valence-electron chi connectivity index (χ1n) is 3.88. The van der Waals surface area contributed by atoms with Crippen LogP contribution in [0.4, 0.5) is 4.39 Å². The fourth-order valence-corrected chi connectivity index (χ4v) is 1.82. The second-order valence-corrected chi connectivity index (χ2v) is 3.92. The molecule has 1 aromatic rings.